The lowest BCUT2D eigenvalue weighted by Gasteiger charge is -2.32. The van der Waals surface area contributed by atoms with Gasteiger partial charge in [0.1, 0.15) is 0 Å². The molecule has 1 aliphatic rings. The van der Waals surface area contributed by atoms with E-state index in [2.05, 4.69) is 51.4 Å². The second-order valence-electron chi connectivity index (χ2n) is 8.87. The van der Waals surface area contributed by atoms with E-state index in [4.69, 9.17) is 10.2 Å². The van der Waals surface area contributed by atoms with Gasteiger partial charge in [-0.05, 0) is 61.5 Å². The third-order valence-electron chi connectivity index (χ3n) is 6.55. The maximum atomic E-state index is 12.0. The first-order valence-electron chi connectivity index (χ1n) is 11.9. The van der Waals surface area contributed by atoms with E-state index in [0.717, 1.165) is 42.5 Å². The third-order valence-corrected chi connectivity index (χ3v) is 6.55. The van der Waals surface area contributed by atoms with Crippen LogP contribution in [0.3, 0.4) is 0 Å². The van der Waals surface area contributed by atoms with Gasteiger partial charge in [0, 0.05) is 52.8 Å². The molecule has 2 aromatic heterocycles. The van der Waals surface area contributed by atoms with Crippen LogP contribution in [0.15, 0.2) is 77.7 Å². The van der Waals surface area contributed by atoms with E-state index in [9.17, 15) is 14.4 Å². The number of nitrogens with zero attached hydrogens (tertiary/aromatic N) is 1. The molecule has 1 saturated heterocycles. The van der Waals surface area contributed by atoms with Crippen molar-refractivity contribution >= 4 is 33.7 Å². The Kier molecular flexibility index (Phi) is 7.97. The van der Waals surface area contributed by atoms with Crippen LogP contribution in [-0.2, 0) is 16.0 Å². The van der Waals surface area contributed by atoms with Crippen LogP contribution in [-0.4, -0.2) is 56.7 Å². The fraction of sp³-hybridized carbons (Fsp3) is 0.250. The number of rotatable bonds is 6. The van der Waals surface area contributed by atoms with Crippen LogP contribution < -0.4 is 5.56 Å². The molecule has 36 heavy (non-hydrogen) atoms. The van der Waals surface area contributed by atoms with Crippen LogP contribution in [0, 0.1) is 0 Å². The number of piperidine rings is 1. The van der Waals surface area contributed by atoms with E-state index in [1.165, 1.54) is 29.3 Å². The van der Waals surface area contributed by atoms with Gasteiger partial charge >= 0.3 is 11.9 Å². The number of pyridine rings is 1. The van der Waals surface area contributed by atoms with Crippen LogP contribution >= 0.6 is 0 Å². The molecule has 0 amide bonds. The normalized spacial score (nSPS) is 14.7. The fourth-order valence-electron chi connectivity index (χ4n) is 4.80. The Labute approximate surface area is 207 Å². The summed E-state index contributed by atoms with van der Waals surface area (Å²) in [5, 5.41) is 18.2. The summed E-state index contributed by atoms with van der Waals surface area (Å²) in [7, 11) is 0. The van der Waals surface area contributed by atoms with Crippen LogP contribution in [0.4, 0.5) is 0 Å². The Morgan fingerprint density at radius 3 is 2.19 bits per heavy atom. The maximum Gasteiger partial charge on any atom is 0.328 e. The monoisotopic (exact) mass is 487 g/mol. The number of nitrogens with one attached hydrogen (secondary N) is 2. The van der Waals surface area contributed by atoms with Gasteiger partial charge in [-0.1, -0.05) is 36.4 Å². The molecule has 8 nitrogen and oxygen atoms in total. The van der Waals surface area contributed by atoms with Gasteiger partial charge in [-0.15, -0.1) is 0 Å². The van der Waals surface area contributed by atoms with E-state index in [0.29, 0.717) is 18.1 Å². The second-order valence-corrected chi connectivity index (χ2v) is 8.87. The lowest BCUT2D eigenvalue weighted by molar-refractivity contribution is -0.134. The van der Waals surface area contributed by atoms with E-state index in [1.807, 2.05) is 18.2 Å². The van der Waals surface area contributed by atoms with Crippen molar-refractivity contribution in [3.05, 3.63) is 94.4 Å². The summed E-state index contributed by atoms with van der Waals surface area (Å²) in [4.78, 5) is 40.0. The Morgan fingerprint density at radius 2 is 1.53 bits per heavy atom. The largest absolute Gasteiger partial charge is 0.478 e. The maximum absolute atomic E-state index is 12.0. The molecule has 186 valence electrons. The Bertz CT molecular complexity index is 1430. The van der Waals surface area contributed by atoms with Gasteiger partial charge in [0.05, 0.1) is 0 Å². The van der Waals surface area contributed by atoms with E-state index < -0.39 is 11.9 Å². The molecule has 5 rings (SSSR count). The molecule has 3 heterocycles. The van der Waals surface area contributed by atoms with Crippen molar-refractivity contribution in [3.63, 3.8) is 0 Å². The van der Waals surface area contributed by atoms with E-state index in [-0.39, 0.29) is 5.56 Å². The highest BCUT2D eigenvalue weighted by Gasteiger charge is 2.22. The van der Waals surface area contributed by atoms with Gasteiger partial charge < -0.3 is 25.1 Å². The van der Waals surface area contributed by atoms with E-state index in [1.54, 1.807) is 6.07 Å². The molecule has 0 unspecified atom stereocenters. The summed E-state index contributed by atoms with van der Waals surface area (Å²) in [6.07, 6.45) is 6.62. The molecule has 1 aliphatic heterocycles. The smallest absolute Gasteiger partial charge is 0.328 e. The quantitative estimate of drug-likeness (QED) is 0.303. The van der Waals surface area contributed by atoms with Crippen molar-refractivity contribution in [2.75, 3.05) is 19.6 Å². The summed E-state index contributed by atoms with van der Waals surface area (Å²) >= 11 is 0. The molecular weight excluding hydrogens is 458 g/mol. The molecular formula is C28H29N3O5. The molecule has 2 aromatic carbocycles. The van der Waals surface area contributed by atoms with E-state index >= 15 is 0 Å². The van der Waals surface area contributed by atoms with Gasteiger partial charge in [-0.25, -0.2) is 9.59 Å². The molecule has 0 aliphatic carbocycles. The number of hydrogen-bond acceptors (Lipinski definition) is 4. The van der Waals surface area contributed by atoms with Crippen LogP contribution in [0.1, 0.15) is 29.9 Å². The number of aliphatic carboxylic acids is 2. The number of likely N-dealkylation sites (tertiary alicyclic amines) is 1. The lowest BCUT2D eigenvalue weighted by Crippen LogP contribution is -2.34. The highest BCUT2D eigenvalue weighted by Crippen LogP contribution is 2.33. The number of aromatic amines is 2. The number of carbonyl (C=O) groups is 2. The molecule has 8 heteroatoms. The van der Waals surface area contributed by atoms with Crippen molar-refractivity contribution in [1.29, 1.82) is 0 Å². The van der Waals surface area contributed by atoms with Gasteiger partial charge in [0.2, 0.25) is 5.56 Å². The second kappa shape index (κ2) is 11.5. The number of fused-ring (bicyclic) bond motifs is 2. The number of carboxylic acids is 2. The Balaban J connectivity index is 0.000000331. The number of benzene rings is 2. The molecule has 1 fully saturated rings. The van der Waals surface area contributed by atoms with Crippen molar-refractivity contribution in [2.24, 2.45) is 0 Å². The number of aromatic nitrogens is 2. The van der Waals surface area contributed by atoms with Gasteiger partial charge in [-0.3, -0.25) is 4.79 Å². The van der Waals surface area contributed by atoms with Gasteiger partial charge in [-0.2, -0.15) is 0 Å². The minimum atomic E-state index is -1.26. The number of hydrogen-bond donors (Lipinski definition) is 4. The summed E-state index contributed by atoms with van der Waals surface area (Å²) in [6, 6.07) is 18.4. The minimum absolute atomic E-state index is 0.00764. The first-order chi connectivity index (χ1) is 17.4. The average molecular weight is 488 g/mol. The zero-order valence-corrected chi connectivity index (χ0v) is 19.8. The first kappa shape index (κ1) is 24.9. The van der Waals surface area contributed by atoms with Crippen LogP contribution in [0.5, 0.6) is 0 Å². The topological polar surface area (TPSA) is 126 Å². The molecule has 4 N–H and O–H groups in total. The Morgan fingerprint density at radius 1 is 0.917 bits per heavy atom. The SMILES string of the molecule is O=C(O)/C=C\C(=O)O.O=c1cc(CCN2CCC(c3c[nH]c4ccccc34)CC2)c2ccccc2[nH]1. The van der Waals surface area contributed by atoms with Crippen molar-refractivity contribution in [3.8, 4) is 0 Å². The summed E-state index contributed by atoms with van der Waals surface area (Å²) in [6.45, 7) is 3.24. The molecule has 0 radical (unpaired) electrons. The zero-order chi connectivity index (χ0) is 25.5. The van der Waals surface area contributed by atoms with Crippen molar-refractivity contribution in [2.45, 2.75) is 25.2 Å². The highest BCUT2D eigenvalue weighted by molar-refractivity contribution is 5.89. The molecule has 0 atom stereocenters. The summed E-state index contributed by atoms with van der Waals surface area (Å²) < 4.78 is 0. The highest BCUT2D eigenvalue weighted by atomic mass is 16.4. The van der Waals surface area contributed by atoms with Gasteiger partial charge in [0.25, 0.3) is 0 Å². The fourth-order valence-corrected chi connectivity index (χ4v) is 4.80. The number of H-pyrrole nitrogens is 2. The summed E-state index contributed by atoms with van der Waals surface area (Å²) in [5.74, 6) is -1.88. The third kappa shape index (κ3) is 6.28. The predicted octanol–water partition coefficient (Wildman–Crippen LogP) is 4.14. The van der Waals surface area contributed by atoms with Crippen LogP contribution in [0.25, 0.3) is 21.8 Å². The van der Waals surface area contributed by atoms with Crippen molar-refractivity contribution < 1.29 is 19.8 Å². The Hall–Kier alpha value is -4.17. The minimum Gasteiger partial charge on any atom is -0.478 e. The molecule has 0 bridgehead atoms. The standard InChI is InChI=1S/C24H25N3O.C4H4O4/c28-24-15-18(19-5-1-4-8-23(19)26-24)11-14-27-12-9-17(10-13-27)21-16-25-22-7-3-2-6-20(21)22;5-3(6)1-2-4(7)8/h1-8,15-17,25H,9-14H2,(H,26,28);1-2H,(H,5,6)(H,7,8)/b;2-1-. The molecule has 0 saturated carbocycles. The van der Waals surface area contributed by atoms with Gasteiger partial charge in [0.15, 0.2) is 0 Å². The van der Waals surface area contributed by atoms with Crippen molar-refractivity contribution in [1.82, 2.24) is 14.9 Å². The lowest BCUT2D eigenvalue weighted by atomic mass is 9.89. The molecule has 4 aromatic rings. The zero-order valence-electron chi connectivity index (χ0n) is 19.8. The number of carboxylic acid groups (broad SMARTS) is 2. The molecule has 0 spiro atoms. The van der Waals surface area contributed by atoms with Crippen LogP contribution in [0.2, 0.25) is 0 Å². The summed E-state index contributed by atoms with van der Waals surface area (Å²) in [5.41, 5.74) is 4.78. The average Bonchev–Trinajstić information content (AvgIpc) is 3.31. The predicted molar refractivity (Wildman–Crippen MR) is 139 cm³/mol. The first-order valence-corrected chi connectivity index (χ1v) is 11.9. The number of para-hydroxylation sites is 2.